The molecule has 2 aromatic rings. The molecular formula is C17H16F2Si. The lowest BCUT2D eigenvalue weighted by Crippen LogP contribution is -2.16. The van der Waals surface area contributed by atoms with E-state index >= 15 is 0 Å². The van der Waals surface area contributed by atoms with Gasteiger partial charge in [0.15, 0.2) is 11.6 Å². The largest absolute Gasteiger partial charge is 0.204 e. The molecule has 0 amide bonds. The minimum absolute atomic E-state index is 0.780. The molecule has 20 heavy (non-hydrogen) atoms. The fraction of sp³-hybridized carbons (Fsp3) is 0.176. The third kappa shape index (κ3) is 2.12. The molecule has 0 unspecified atom stereocenters. The molecule has 0 spiro atoms. The lowest BCUT2D eigenvalue weighted by atomic mass is 10.1. The van der Waals surface area contributed by atoms with Crippen molar-refractivity contribution in [3.8, 4) is 11.1 Å². The van der Waals surface area contributed by atoms with Gasteiger partial charge in [-0.2, -0.15) is 0 Å². The molecule has 0 nitrogen and oxygen atoms in total. The fourth-order valence-corrected chi connectivity index (χ4v) is 3.86. The Morgan fingerprint density at radius 1 is 0.800 bits per heavy atom. The van der Waals surface area contributed by atoms with Crippen LogP contribution in [-0.4, -0.2) is 8.07 Å². The third-order valence-corrected chi connectivity index (χ3v) is 4.59. The maximum atomic E-state index is 13.6. The van der Waals surface area contributed by atoms with Crippen molar-refractivity contribution < 1.29 is 8.78 Å². The van der Waals surface area contributed by atoms with Crippen LogP contribution in [0, 0.1) is 11.6 Å². The predicted octanol–water partition coefficient (Wildman–Crippen LogP) is 5.25. The van der Waals surface area contributed by atoms with E-state index in [1.807, 2.05) is 24.3 Å². The summed E-state index contributed by atoms with van der Waals surface area (Å²) in [5.41, 5.74) is 6.99. The number of halogens is 2. The van der Waals surface area contributed by atoms with Gasteiger partial charge < -0.3 is 0 Å². The normalized spacial score (nSPS) is 15.3. The van der Waals surface area contributed by atoms with E-state index in [2.05, 4.69) is 25.3 Å². The van der Waals surface area contributed by atoms with Gasteiger partial charge in [-0.3, -0.25) is 0 Å². The standard InChI is InChI=1S/C17H16F2Si/c1-20(2,3)10-15-12-7-5-4-6-11(12)13-8-16(18)17(19)9-14(13)15/h4-10H,1-3H3/b15-10-. The zero-order valence-electron chi connectivity index (χ0n) is 11.8. The first-order valence-electron chi connectivity index (χ1n) is 6.69. The Morgan fingerprint density at radius 3 is 1.95 bits per heavy atom. The molecule has 2 aromatic carbocycles. The zero-order valence-corrected chi connectivity index (χ0v) is 12.8. The van der Waals surface area contributed by atoms with E-state index in [1.54, 1.807) is 0 Å². The fourth-order valence-electron chi connectivity index (χ4n) is 2.68. The maximum Gasteiger partial charge on any atom is 0.159 e. The highest BCUT2D eigenvalue weighted by Gasteiger charge is 2.26. The SMILES string of the molecule is C[Si](C)(C)/C=C1/c2ccccc2-c2cc(F)c(F)cc21. The molecule has 3 rings (SSSR count). The van der Waals surface area contributed by atoms with E-state index in [0.29, 0.717) is 0 Å². The molecule has 0 saturated heterocycles. The number of benzene rings is 2. The summed E-state index contributed by atoms with van der Waals surface area (Å²) < 4.78 is 27.2. The zero-order chi connectivity index (χ0) is 14.5. The van der Waals surface area contributed by atoms with Gasteiger partial charge in [0.1, 0.15) is 0 Å². The van der Waals surface area contributed by atoms with Crippen molar-refractivity contribution in [1.29, 1.82) is 0 Å². The van der Waals surface area contributed by atoms with Crippen LogP contribution >= 0.6 is 0 Å². The van der Waals surface area contributed by atoms with E-state index < -0.39 is 19.7 Å². The van der Waals surface area contributed by atoms with Crippen LogP contribution in [0.25, 0.3) is 16.7 Å². The van der Waals surface area contributed by atoms with Gasteiger partial charge in [0.2, 0.25) is 0 Å². The second kappa shape index (κ2) is 4.38. The van der Waals surface area contributed by atoms with Gasteiger partial charge in [-0.25, -0.2) is 8.78 Å². The molecule has 3 heteroatoms. The Labute approximate surface area is 118 Å². The lowest BCUT2D eigenvalue weighted by molar-refractivity contribution is 0.509. The van der Waals surface area contributed by atoms with E-state index in [1.165, 1.54) is 12.1 Å². The Kier molecular flexibility index (Phi) is 2.90. The van der Waals surface area contributed by atoms with Crippen molar-refractivity contribution in [3.05, 3.63) is 64.9 Å². The molecule has 0 N–H and O–H groups in total. The quantitative estimate of drug-likeness (QED) is 0.536. The van der Waals surface area contributed by atoms with Crippen LogP contribution in [-0.2, 0) is 0 Å². The summed E-state index contributed by atoms with van der Waals surface area (Å²) in [7, 11) is -1.47. The third-order valence-electron chi connectivity index (χ3n) is 3.44. The van der Waals surface area contributed by atoms with Gasteiger partial charge in [-0.1, -0.05) is 49.6 Å². The number of rotatable bonds is 1. The van der Waals surface area contributed by atoms with E-state index in [9.17, 15) is 8.78 Å². The molecule has 1 aliphatic rings. The summed E-state index contributed by atoms with van der Waals surface area (Å²) in [6.07, 6.45) is 0. The van der Waals surface area contributed by atoms with Crippen molar-refractivity contribution in [2.45, 2.75) is 19.6 Å². The molecule has 0 aromatic heterocycles. The summed E-state index contributed by atoms with van der Waals surface area (Å²) >= 11 is 0. The molecule has 0 aliphatic heterocycles. The smallest absolute Gasteiger partial charge is 0.159 e. The van der Waals surface area contributed by atoms with Gasteiger partial charge in [0.05, 0.1) is 8.07 Å². The first-order valence-corrected chi connectivity index (χ1v) is 10.3. The molecular weight excluding hydrogens is 270 g/mol. The Hall–Kier alpha value is -1.74. The maximum absolute atomic E-state index is 13.6. The summed E-state index contributed by atoms with van der Waals surface area (Å²) in [6, 6.07) is 10.5. The van der Waals surface area contributed by atoms with Crippen LogP contribution in [0.4, 0.5) is 8.78 Å². The van der Waals surface area contributed by atoms with Gasteiger partial charge in [-0.15, -0.1) is 0 Å². The van der Waals surface area contributed by atoms with Crippen molar-refractivity contribution in [2.24, 2.45) is 0 Å². The van der Waals surface area contributed by atoms with Crippen LogP contribution in [0.5, 0.6) is 0 Å². The summed E-state index contributed by atoms with van der Waals surface area (Å²) in [5.74, 6) is -1.56. The molecule has 0 fully saturated rings. The minimum atomic E-state index is -1.47. The molecule has 0 radical (unpaired) electrons. The van der Waals surface area contributed by atoms with E-state index in [4.69, 9.17) is 0 Å². The second-order valence-electron chi connectivity index (χ2n) is 6.28. The average Bonchev–Trinajstić information content (AvgIpc) is 2.64. The molecule has 1 aliphatic carbocycles. The van der Waals surface area contributed by atoms with E-state index in [-0.39, 0.29) is 0 Å². The van der Waals surface area contributed by atoms with Crippen molar-refractivity contribution >= 4 is 13.6 Å². The highest BCUT2D eigenvalue weighted by atomic mass is 28.3. The number of fused-ring (bicyclic) bond motifs is 3. The lowest BCUT2D eigenvalue weighted by Gasteiger charge is -2.13. The molecule has 0 atom stereocenters. The second-order valence-corrected chi connectivity index (χ2v) is 11.3. The first-order chi connectivity index (χ1) is 9.37. The monoisotopic (exact) mass is 286 g/mol. The van der Waals surface area contributed by atoms with Crippen molar-refractivity contribution in [1.82, 2.24) is 0 Å². The highest BCUT2D eigenvalue weighted by Crippen LogP contribution is 2.45. The molecule has 0 bridgehead atoms. The summed E-state index contributed by atoms with van der Waals surface area (Å²) in [4.78, 5) is 0. The van der Waals surface area contributed by atoms with Crippen molar-refractivity contribution in [3.63, 3.8) is 0 Å². The topological polar surface area (TPSA) is 0 Å². The summed E-state index contributed by atoms with van der Waals surface area (Å²) in [6.45, 7) is 6.71. The Bertz CT molecular complexity index is 724. The Balaban J connectivity index is 2.34. The van der Waals surface area contributed by atoms with Gasteiger partial charge in [0, 0.05) is 0 Å². The van der Waals surface area contributed by atoms with Gasteiger partial charge in [0.25, 0.3) is 0 Å². The van der Waals surface area contributed by atoms with Crippen LogP contribution in [0.1, 0.15) is 11.1 Å². The van der Waals surface area contributed by atoms with Gasteiger partial charge >= 0.3 is 0 Å². The number of hydrogen-bond donors (Lipinski definition) is 0. The van der Waals surface area contributed by atoms with E-state index in [0.717, 1.165) is 27.8 Å². The highest BCUT2D eigenvalue weighted by molar-refractivity contribution is 6.82. The van der Waals surface area contributed by atoms with Crippen molar-refractivity contribution in [2.75, 3.05) is 0 Å². The van der Waals surface area contributed by atoms with Crippen LogP contribution < -0.4 is 0 Å². The van der Waals surface area contributed by atoms with Crippen LogP contribution in [0.3, 0.4) is 0 Å². The molecule has 102 valence electrons. The van der Waals surface area contributed by atoms with Crippen LogP contribution in [0.15, 0.2) is 42.1 Å². The Morgan fingerprint density at radius 2 is 1.35 bits per heavy atom. The first kappa shape index (κ1) is 13.2. The molecule has 0 heterocycles. The molecule has 0 saturated carbocycles. The average molecular weight is 286 g/mol. The summed E-state index contributed by atoms with van der Waals surface area (Å²) in [5, 5.41) is 0. The predicted molar refractivity (Wildman–Crippen MR) is 82.2 cm³/mol. The van der Waals surface area contributed by atoms with Crippen LogP contribution in [0.2, 0.25) is 19.6 Å². The van der Waals surface area contributed by atoms with Gasteiger partial charge in [-0.05, 0) is 40.0 Å². The minimum Gasteiger partial charge on any atom is -0.204 e. The number of hydrogen-bond acceptors (Lipinski definition) is 0.